The summed E-state index contributed by atoms with van der Waals surface area (Å²) in [5, 5.41) is 2.67. The number of hydrogen-bond donors (Lipinski definition) is 1. The van der Waals surface area contributed by atoms with Gasteiger partial charge in [-0.25, -0.2) is 9.78 Å². The molecule has 1 amide bonds. The monoisotopic (exact) mass is 349 g/mol. The quantitative estimate of drug-likeness (QED) is 0.897. The molecule has 1 aromatic carbocycles. The van der Waals surface area contributed by atoms with Gasteiger partial charge in [0.15, 0.2) is 5.13 Å². The number of carbonyl (C=O) groups excluding carboxylic acids is 1. The third kappa shape index (κ3) is 5.57. The van der Waals surface area contributed by atoms with Crippen molar-refractivity contribution in [2.45, 2.75) is 6.36 Å². The fourth-order valence-electron chi connectivity index (χ4n) is 1.60. The maximum Gasteiger partial charge on any atom is 0.573 e. The molecule has 0 aliphatic rings. The van der Waals surface area contributed by atoms with E-state index >= 15 is 0 Å². The van der Waals surface area contributed by atoms with Crippen molar-refractivity contribution in [3.05, 3.63) is 18.2 Å². The Balaban J connectivity index is 2.01. The molecule has 0 bridgehead atoms. The van der Waals surface area contributed by atoms with Gasteiger partial charge in [0.05, 0.1) is 10.2 Å². The Morgan fingerprint density at radius 2 is 2.13 bits per heavy atom. The minimum Gasteiger partial charge on any atom is -0.448 e. The zero-order chi connectivity index (χ0) is 17.0. The third-order valence-electron chi connectivity index (χ3n) is 2.57. The van der Waals surface area contributed by atoms with Crippen LogP contribution in [0.2, 0.25) is 0 Å². The Labute approximate surface area is 133 Å². The van der Waals surface area contributed by atoms with Crippen LogP contribution in [-0.2, 0) is 4.74 Å². The molecule has 6 nitrogen and oxygen atoms in total. The first kappa shape index (κ1) is 17.3. The van der Waals surface area contributed by atoms with Gasteiger partial charge in [0, 0.05) is 12.6 Å². The number of carbonyl (C=O) groups is 1. The van der Waals surface area contributed by atoms with Crippen LogP contribution in [0, 0.1) is 0 Å². The molecule has 10 heteroatoms. The number of amides is 1. The van der Waals surface area contributed by atoms with Crippen molar-refractivity contribution in [3.8, 4) is 5.75 Å². The molecular weight excluding hydrogens is 335 g/mol. The van der Waals surface area contributed by atoms with Gasteiger partial charge in [-0.3, -0.25) is 5.32 Å². The van der Waals surface area contributed by atoms with E-state index < -0.39 is 12.5 Å². The fourth-order valence-corrected chi connectivity index (χ4v) is 2.48. The second-order valence-corrected chi connectivity index (χ2v) is 5.79. The highest BCUT2D eigenvalue weighted by Gasteiger charge is 2.31. The first-order chi connectivity index (χ1) is 10.7. The van der Waals surface area contributed by atoms with Crippen molar-refractivity contribution in [3.63, 3.8) is 0 Å². The van der Waals surface area contributed by atoms with Gasteiger partial charge in [-0.15, -0.1) is 13.2 Å². The second-order valence-electron chi connectivity index (χ2n) is 4.76. The van der Waals surface area contributed by atoms with Crippen LogP contribution in [0.5, 0.6) is 5.75 Å². The molecule has 0 aliphatic heterocycles. The molecule has 1 aromatic heterocycles. The fraction of sp³-hybridized carbons (Fsp3) is 0.385. The predicted octanol–water partition coefficient (Wildman–Crippen LogP) is 3.31. The molecule has 1 N–H and O–H groups in total. The summed E-state index contributed by atoms with van der Waals surface area (Å²) in [5.41, 5.74) is 0.452. The number of ether oxygens (including phenoxy) is 2. The van der Waals surface area contributed by atoms with Crippen LogP contribution in [0.15, 0.2) is 18.2 Å². The van der Waals surface area contributed by atoms with Crippen LogP contribution >= 0.6 is 11.3 Å². The number of alkyl halides is 3. The number of thiazole rings is 1. The topological polar surface area (TPSA) is 63.7 Å². The Bertz CT molecular complexity index is 688. The first-order valence-electron chi connectivity index (χ1n) is 6.48. The number of aromatic nitrogens is 1. The van der Waals surface area contributed by atoms with Gasteiger partial charge >= 0.3 is 12.5 Å². The Kier molecular flexibility index (Phi) is 5.26. The van der Waals surface area contributed by atoms with Crippen LogP contribution in [0.25, 0.3) is 10.2 Å². The maximum atomic E-state index is 12.2. The van der Waals surface area contributed by atoms with E-state index in [4.69, 9.17) is 4.74 Å². The number of hydrogen-bond acceptors (Lipinski definition) is 6. The maximum absolute atomic E-state index is 12.2. The van der Waals surface area contributed by atoms with Gasteiger partial charge in [0.1, 0.15) is 12.4 Å². The van der Waals surface area contributed by atoms with Crippen molar-refractivity contribution < 1.29 is 27.4 Å². The van der Waals surface area contributed by atoms with Crippen LogP contribution < -0.4 is 10.1 Å². The van der Waals surface area contributed by atoms with Crippen LogP contribution in [0.3, 0.4) is 0 Å². The van der Waals surface area contributed by atoms with Crippen molar-refractivity contribution in [1.82, 2.24) is 9.88 Å². The van der Waals surface area contributed by atoms with Crippen molar-refractivity contribution in [2.24, 2.45) is 0 Å². The van der Waals surface area contributed by atoms with E-state index in [-0.39, 0.29) is 17.5 Å². The molecule has 23 heavy (non-hydrogen) atoms. The van der Waals surface area contributed by atoms with Gasteiger partial charge in [0.25, 0.3) is 0 Å². The zero-order valence-corrected chi connectivity index (χ0v) is 13.1. The summed E-state index contributed by atoms with van der Waals surface area (Å²) in [5.74, 6) is -0.339. The van der Waals surface area contributed by atoms with Crippen molar-refractivity contribution in [1.29, 1.82) is 0 Å². The molecule has 0 unspecified atom stereocenters. The lowest BCUT2D eigenvalue weighted by Gasteiger charge is -2.09. The number of benzene rings is 1. The molecule has 0 atom stereocenters. The van der Waals surface area contributed by atoms with Gasteiger partial charge < -0.3 is 14.4 Å². The summed E-state index contributed by atoms with van der Waals surface area (Å²) in [6, 6.07) is 3.76. The molecule has 0 saturated heterocycles. The molecule has 2 rings (SSSR count). The van der Waals surface area contributed by atoms with Crippen LogP contribution in [0.4, 0.5) is 23.1 Å². The smallest absolute Gasteiger partial charge is 0.448 e. The highest BCUT2D eigenvalue weighted by Crippen LogP contribution is 2.31. The number of nitrogens with zero attached hydrogens (tertiary/aromatic N) is 2. The van der Waals surface area contributed by atoms with Gasteiger partial charge in [-0.2, -0.15) is 0 Å². The molecule has 2 aromatic rings. The highest BCUT2D eigenvalue weighted by atomic mass is 32.1. The number of nitrogens with one attached hydrogen (secondary N) is 1. The van der Waals surface area contributed by atoms with Gasteiger partial charge in [0.2, 0.25) is 0 Å². The largest absolute Gasteiger partial charge is 0.573 e. The highest BCUT2D eigenvalue weighted by molar-refractivity contribution is 7.22. The van der Waals surface area contributed by atoms with E-state index in [1.807, 2.05) is 19.0 Å². The summed E-state index contributed by atoms with van der Waals surface area (Å²) in [6.45, 7) is 0.790. The SMILES string of the molecule is CN(C)CCOC(=O)Nc1nc2ccc(OC(F)(F)F)cc2s1. The molecule has 0 radical (unpaired) electrons. The number of fused-ring (bicyclic) bond motifs is 1. The number of halogens is 3. The summed E-state index contributed by atoms with van der Waals surface area (Å²) in [7, 11) is 3.69. The molecule has 1 heterocycles. The van der Waals surface area contributed by atoms with Gasteiger partial charge in [-0.1, -0.05) is 11.3 Å². The molecule has 0 fully saturated rings. The summed E-state index contributed by atoms with van der Waals surface area (Å²) >= 11 is 1.02. The van der Waals surface area contributed by atoms with Crippen LogP contribution in [-0.4, -0.2) is 49.6 Å². The number of anilines is 1. The van der Waals surface area contributed by atoms with E-state index in [1.165, 1.54) is 12.1 Å². The number of likely N-dealkylation sites (N-methyl/N-ethyl adjacent to an activating group) is 1. The summed E-state index contributed by atoms with van der Waals surface area (Å²) in [6.07, 6.45) is -5.42. The van der Waals surface area contributed by atoms with Gasteiger partial charge in [-0.05, 0) is 26.2 Å². The lowest BCUT2D eigenvalue weighted by Crippen LogP contribution is -2.22. The second kappa shape index (κ2) is 7.01. The lowest BCUT2D eigenvalue weighted by atomic mass is 10.3. The van der Waals surface area contributed by atoms with E-state index in [1.54, 1.807) is 0 Å². The van der Waals surface area contributed by atoms with Crippen molar-refractivity contribution >= 4 is 32.8 Å². The lowest BCUT2D eigenvalue weighted by molar-refractivity contribution is -0.274. The van der Waals surface area contributed by atoms with E-state index in [9.17, 15) is 18.0 Å². The Morgan fingerprint density at radius 3 is 2.78 bits per heavy atom. The standard InChI is InChI=1S/C13H14F3N3O3S/c1-19(2)5-6-21-12(20)18-11-17-9-4-3-8(7-10(9)23-11)22-13(14,15)16/h3-4,7H,5-6H2,1-2H3,(H,17,18,20). The van der Waals surface area contributed by atoms with E-state index in [0.717, 1.165) is 17.4 Å². The van der Waals surface area contributed by atoms with E-state index in [2.05, 4.69) is 15.0 Å². The molecular formula is C13H14F3N3O3S. The molecule has 0 saturated carbocycles. The molecule has 0 spiro atoms. The summed E-state index contributed by atoms with van der Waals surface area (Å²) < 4.78 is 45.8. The van der Waals surface area contributed by atoms with E-state index in [0.29, 0.717) is 16.8 Å². The number of rotatable bonds is 5. The average Bonchev–Trinajstić information content (AvgIpc) is 2.77. The molecule has 126 valence electrons. The zero-order valence-electron chi connectivity index (χ0n) is 12.3. The minimum atomic E-state index is -4.75. The summed E-state index contributed by atoms with van der Waals surface area (Å²) in [4.78, 5) is 17.5. The minimum absolute atomic E-state index is 0.216. The van der Waals surface area contributed by atoms with Crippen molar-refractivity contribution in [2.75, 3.05) is 32.6 Å². The average molecular weight is 349 g/mol. The predicted molar refractivity (Wildman–Crippen MR) is 79.8 cm³/mol. The molecule has 0 aliphatic carbocycles. The third-order valence-corrected chi connectivity index (χ3v) is 3.51. The Morgan fingerprint density at radius 1 is 1.39 bits per heavy atom. The Hall–Kier alpha value is -2.07. The normalized spacial score (nSPS) is 11.7. The van der Waals surface area contributed by atoms with Crippen LogP contribution in [0.1, 0.15) is 0 Å². The first-order valence-corrected chi connectivity index (χ1v) is 7.29.